The van der Waals surface area contributed by atoms with Crippen molar-refractivity contribution in [3.8, 4) is 0 Å². The van der Waals surface area contributed by atoms with Crippen LogP contribution in [0.1, 0.15) is 52.9 Å². The van der Waals surface area contributed by atoms with E-state index in [0.717, 1.165) is 6.42 Å². The molecule has 7 N–H and O–H groups in total. The van der Waals surface area contributed by atoms with Gasteiger partial charge >= 0.3 is 0 Å². The maximum absolute atomic E-state index is 12.2. The highest BCUT2D eigenvalue weighted by molar-refractivity contribution is 6.38. The number of amides is 3. The molecule has 0 spiro atoms. The fourth-order valence-corrected chi connectivity index (χ4v) is 2.41. The van der Waals surface area contributed by atoms with Gasteiger partial charge in [0.15, 0.2) is 0 Å². The van der Waals surface area contributed by atoms with Crippen LogP contribution in [0.4, 0.5) is 0 Å². The van der Waals surface area contributed by atoms with Gasteiger partial charge in [-0.25, -0.2) is 0 Å². The summed E-state index contributed by atoms with van der Waals surface area (Å²) in [6.07, 6.45) is 3.01. The van der Waals surface area contributed by atoms with E-state index in [1.165, 1.54) is 0 Å². The van der Waals surface area contributed by atoms with Crippen LogP contribution in [0.15, 0.2) is 0 Å². The zero-order valence-corrected chi connectivity index (χ0v) is 16.0. The van der Waals surface area contributed by atoms with E-state index in [-0.39, 0.29) is 6.04 Å². The molecule has 0 bridgehead atoms. The number of primary amides is 1. The number of carbonyl (C=O) groups is 4. The summed E-state index contributed by atoms with van der Waals surface area (Å²) in [6.45, 7) is 5.78. The molecule has 0 aliphatic rings. The Morgan fingerprint density at radius 1 is 1.00 bits per heavy atom. The first kappa shape index (κ1) is 24.0. The highest BCUT2D eigenvalue weighted by atomic mass is 16.2. The molecule has 0 fully saturated rings. The molecule has 0 aliphatic carbocycles. The third-order valence-corrected chi connectivity index (χ3v) is 3.69. The molecule has 26 heavy (non-hydrogen) atoms. The molecule has 150 valence electrons. The zero-order valence-electron chi connectivity index (χ0n) is 16.0. The quantitative estimate of drug-likeness (QED) is 0.193. The molecule has 0 aromatic carbocycles. The van der Waals surface area contributed by atoms with E-state index in [9.17, 15) is 19.2 Å². The number of nitrogens with two attached hydrogens (primary N) is 2. The molecule has 0 radical (unpaired) electrons. The largest absolute Gasteiger partial charge is 0.368 e. The van der Waals surface area contributed by atoms with Gasteiger partial charge in [0.05, 0.1) is 12.6 Å². The van der Waals surface area contributed by atoms with Crippen LogP contribution in [0.3, 0.4) is 0 Å². The Morgan fingerprint density at radius 3 is 2.15 bits per heavy atom. The number of carbonyl (C=O) groups excluding carboxylic acids is 4. The van der Waals surface area contributed by atoms with Crippen LogP contribution >= 0.6 is 0 Å². The molecular formula is C17H33N5O4. The van der Waals surface area contributed by atoms with E-state index >= 15 is 0 Å². The van der Waals surface area contributed by atoms with Crippen LogP contribution in [-0.4, -0.2) is 54.7 Å². The van der Waals surface area contributed by atoms with E-state index < -0.39 is 42.1 Å². The number of nitrogens with one attached hydrogen (secondary N) is 3. The molecule has 9 nitrogen and oxygen atoms in total. The van der Waals surface area contributed by atoms with Crippen LogP contribution in [-0.2, 0) is 19.2 Å². The van der Waals surface area contributed by atoms with E-state index in [4.69, 9.17) is 11.5 Å². The predicted molar refractivity (Wildman–Crippen MR) is 99.0 cm³/mol. The molecule has 0 aromatic rings. The second kappa shape index (κ2) is 13.2. The number of unbranched alkanes of at least 4 members (excludes halogenated alkanes) is 1. The molecule has 2 unspecified atom stereocenters. The van der Waals surface area contributed by atoms with Crippen LogP contribution in [0.5, 0.6) is 0 Å². The van der Waals surface area contributed by atoms with Crippen LogP contribution < -0.4 is 27.4 Å². The maximum Gasteiger partial charge on any atom is 0.289 e. The van der Waals surface area contributed by atoms with Crippen molar-refractivity contribution in [1.82, 2.24) is 16.0 Å². The summed E-state index contributed by atoms with van der Waals surface area (Å²) < 4.78 is 0. The van der Waals surface area contributed by atoms with Crippen molar-refractivity contribution in [2.75, 3.05) is 13.1 Å². The average Bonchev–Trinajstić information content (AvgIpc) is 2.57. The second-order valence-electron chi connectivity index (χ2n) is 6.52. The summed E-state index contributed by atoms with van der Waals surface area (Å²) in [5, 5.41) is 7.80. The van der Waals surface area contributed by atoms with Gasteiger partial charge in [0, 0.05) is 6.04 Å². The number of ketones is 1. The minimum Gasteiger partial charge on any atom is -0.368 e. The first-order valence-electron chi connectivity index (χ1n) is 9.09. The van der Waals surface area contributed by atoms with Crippen molar-refractivity contribution in [2.45, 2.75) is 71.0 Å². The van der Waals surface area contributed by atoms with Gasteiger partial charge in [0.1, 0.15) is 6.04 Å². The minimum absolute atomic E-state index is 0.0523. The molecule has 0 saturated carbocycles. The van der Waals surface area contributed by atoms with E-state index in [1.807, 2.05) is 20.8 Å². The Kier molecular flexibility index (Phi) is 12.2. The smallest absolute Gasteiger partial charge is 0.289 e. The van der Waals surface area contributed by atoms with Gasteiger partial charge in [-0.3, -0.25) is 19.2 Å². The number of hydrogen-bond donors (Lipinski definition) is 5. The molecule has 0 saturated heterocycles. The zero-order chi connectivity index (χ0) is 20.1. The SMILES string of the molecule is CCCC(NC(C)C)C(=O)C(=O)NCC(=O)NC(CCCCN)C(N)=O. The van der Waals surface area contributed by atoms with Gasteiger partial charge in [-0.05, 0) is 32.2 Å². The molecule has 0 aliphatic heterocycles. The Labute approximate surface area is 155 Å². The van der Waals surface area contributed by atoms with Crippen LogP contribution in [0.2, 0.25) is 0 Å². The molecule has 9 heteroatoms. The second-order valence-corrected chi connectivity index (χ2v) is 6.52. The average molecular weight is 371 g/mol. The Morgan fingerprint density at radius 2 is 1.65 bits per heavy atom. The Bertz CT molecular complexity index is 482. The van der Waals surface area contributed by atoms with Gasteiger partial charge in [-0.1, -0.05) is 27.2 Å². The van der Waals surface area contributed by atoms with E-state index in [1.54, 1.807) is 0 Å². The van der Waals surface area contributed by atoms with Gasteiger partial charge < -0.3 is 27.4 Å². The lowest BCUT2D eigenvalue weighted by atomic mass is 10.1. The highest BCUT2D eigenvalue weighted by Crippen LogP contribution is 2.01. The standard InChI is InChI=1S/C17H33N5O4/c1-4-7-12(21-11(2)3)15(24)17(26)20-10-14(23)22-13(16(19)25)8-5-6-9-18/h11-13,21H,4-10,18H2,1-3H3,(H2,19,25)(H,20,26)(H,22,23). The first-order chi connectivity index (χ1) is 12.2. The summed E-state index contributed by atoms with van der Waals surface area (Å²) in [6, 6.07) is -1.36. The summed E-state index contributed by atoms with van der Waals surface area (Å²) in [5.41, 5.74) is 10.6. The van der Waals surface area contributed by atoms with Gasteiger partial charge in [-0.2, -0.15) is 0 Å². The van der Waals surface area contributed by atoms with Crippen molar-refractivity contribution in [3.63, 3.8) is 0 Å². The monoisotopic (exact) mass is 371 g/mol. The van der Waals surface area contributed by atoms with Crippen molar-refractivity contribution in [1.29, 1.82) is 0 Å². The number of Topliss-reactive ketones (excluding diaryl/α,β-unsaturated/α-hetero) is 1. The van der Waals surface area contributed by atoms with Crippen molar-refractivity contribution in [2.24, 2.45) is 11.5 Å². The summed E-state index contributed by atoms with van der Waals surface area (Å²) in [7, 11) is 0. The fourth-order valence-electron chi connectivity index (χ4n) is 2.41. The highest BCUT2D eigenvalue weighted by Gasteiger charge is 2.25. The molecule has 3 amide bonds. The topological polar surface area (TPSA) is 156 Å². The van der Waals surface area contributed by atoms with Crippen molar-refractivity contribution < 1.29 is 19.2 Å². The van der Waals surface area contributed by atoms with Crippen molar-refractivity contribution >= 4 is 23.5 Å². The Balaban J connectivity index is 4.50. The molecular weight excluding hydrogens is 338 g/mol. The van der Waals surface area contributed by atoms with E-state index in [0.29, 0.717) is 32.2 Å². The number of rotatable bonds is 14. The third kappa shape index (κ3) is 10.1. The minimum atomic E-state index is -0.828. The summed E-state index contributed by atoms with van der Waals surface area (Å²) in [4.78, 5) is 47.5. The normalized spacial score (nSPS) is 13.1. The maximum atomic E-state index is 12.2. The number of hydrogen-bond acceptors (Lipinski definition) is 6. The van der Waals surface area contributed by atoms with Gasteiger partial charge in [-0.15, -0.1) is 0 Å². The van der Waals surface area contributed by atoms with Crippen LogP contribution in [0, 0.1) is 0 Å². The fraction of sp³-hybridized carbons (Fsp3) is 0.765. The lowest BCUT2D eigenvalue weighted by Gasteiger charge is -2.19. The van der Waals surface area contributed by atoms with Gasteiger partial charge in [0.25, 0.3) is 5.91 Å². The van der Waals surface area contributed by atoms with Crippen molar-refractivity contribution in [3.05, 3.63) is 0 Å². The predicted octanol–water partition coefficient (Wildman–Crippen LogP) is -1.06. The van der Waals surface area contributed by atoms with E-state index in [2.05, 4.69) is 16.0 Å². The lowest BCUT2D eigenvalue weighted by Crippen LogP contribution is -2.51. The molecule has 0 heterocycles. The Hall–Kier alpha value is -2.00. The summed E-state index contributed by atoms with van der Waals surface area (Å²) in [5.74, 6) is -2.67. The summed E-state index contributed by atoms with van der Waals surface area (Å²) >= 11 is 0. The lowest BCUT2D eigenvalue weighted by molar-refractivity contribution is -0.140. The molecule has 2 atom stereocenters. The molecule has 0 aromatic heterocycles. The third-order valence-electron chi connectivity index (χ3n) is 3.69. The molecule has 0 rings (SSSR count). The van der Waals surface area contributed by atoms with Gasteiger partial charge in [0.2, 0.25) is 17.6 Å². The first-order valence-corrected chi connectivity index (χ1v) is 9.09. The van der Waals surface area contributed by atoms with Crippen LogP contribution in [0.25, 0.3) is 0 Å².